The standard InChI is InChI=1S/C12H18N2O3S/c1-9(2)18(16,17)14-11(12(15)13-3)10-7-5-4-6-8-10/h4-9,11,14H,1-3H3,(H,13,15). The Labute approximate surface area is 108 Å². The van der Waals surface area contributed by atoms with Crippen LogP contribution >= 0.6 is 0 Å². The first-order valence-corrected chi connectivity index (χ1v) is 7.21. The van der Waals surface area contributed by atoms with Gasteiger partial charge in [0, 0.05) is 7.05 Å². The Balaban J connectivity index is 3.06. The molecule has 1 rings (SSSR count). The van der Waals surface area contributed by atoms with Crippen LogP contribution in [0.2, 0.25) is 0 Å². The lowest BCUT2D eigenvalue weighted by Crippen LogP contribution is -2.41. The van der Waals surface area contributed by atoms with Gasteiger partial charge in [-0.3, -0.25) is 4.79 Å². The Hall–Kier alpha value is -1.40. The number of benzene rings is 1. The zero-order chi connectivity index (χ0) is 13.8. The summed E-state index contributed by atoms with van der Waals surface area (Å²) in [4.78, 5) is 11.8. The second-order valence-corrected chi connectivity index (χ2v) is 6.44. The smallest absolute Gasteiger partial charge is 0.242 e. The second-order valence-electron chi connectivity index (χ2n) is 4.17. The predicted octanol–water partition coefficient (Wildman–Crippen LogP) is 0.802. The van der Waals surface area contributed by atoms with Crippen LogP contribution in [-0.4, -0.2) is 26.6 Å². The number of likely N-dealkylation sites (N-methyl/N-ethyl adjacent to an activating group) is 1. The van der Waals surface area contributed by atoms with Crippen LogP contribution in [-0.2, 0) is 14.8 Å². The van der Waals surface area contributed by atoms with Gasteiger partial charge in [-0.15, -0.1) is 0 Å². The van der Waals surface area contributed by atoms with Gasteiger partial charge in [0.05, 0.1) is 5.25 Å². The molecule has 0 spiro atoms. The van der Waals surface area contributed by atoms with Crippen LogP contribution in [0.1, 0.15) is 25.5 Å². The highest BCUT2D eigenvalue weighted by atomic mass is 32.2. The molecule has 100 valence electrons. The fourth-order valence-corrected chi connectivity index (χ4v) is 2.21. The van der Waals surface area contributed by atoms with Crippen molar-refractivity contribution >= 4 is 15.9 Å². The van der Waals surface area contributed by atoms with Crippen molar-refractivity contribution in [2.24, 2.45) is 0 Å². The first kappa shape index (κ1) is 14.7. The van der Waals surface area contributed by atoms with Crippen molar-refractivity contribution in [2.45, 2.75) is 25.1 Å². The molecule has 0 fully saturated rings. The van der Waals surface area contributed by atoms with Gasteiger partial charge in [-0.1, -0.05) is 30.3 Å². The number of amides is 1. The van der Waals surface area contributed by atoms with E-state index in [0.29, 0.717) is 5.56 Å². The van der Waals surface area contributed by atoms with Gasteiger partial charge in [0.25, 0.3) is 0 Å². The van der Waals surface area contributed by atoms with Crippen molar-refractivity contribution in [3.05, 3.63) is 35.9 Å². The summed E-state index contributed by atoms with van der Waals surface area (Å²) in [5.41, 5.74) is 0.612. The normalized spacial score (nSPS) is 13.3. The quantitative estimate of drug-likeness (QED) is 0.831. The van der Waals surface area contributed by atoms with Gasteiger partial charge < -0.3 is 5.32 Å². The molecule has 1 aromatic carbocycles. The molecule has 6 heteroatoms. The topological polar surface area (TPSA) is 75.3 Å². The lowest BCUT2D eigenvalue weighted by Gasteiger charge is -2.19. The minimum absolute atomic E-state index is 0.384. The Kier molecular flexibility index (Phi) is 4.86. The van der Waals surface area contributed by atoms with Gasteiger partial charge in [0.2, 0.25) is 15.9 Å². The third-order valence-corrected chi connectivity index (χ3v) is 4.35. The minimum atomic E-state index is -3.51. The molecule has 5 nitrogen and oxygen atoms in total. The number of hydrogen-bond donors (Lipinski definition) is 2. The van der Waals surface area contributed by atoms with Crippen LogP contribution < -0.4 is 10.0 Å². The van der Waals surface area contributed by atoms with Gasteiger partial charge in [-0.05, 0) is 19.4 Å². The first-order valence-electron chi connectivity index (χ1n) is 5.66. The van der Waals surface area contributed by atoms with E-state index in [2.05, 4.69) is 10.0 Å². The Morgan fingerprint density at radius 2 is 1.72 bits per heavy atom. The summed E-state index contributed by atoms with van der Waals surface area (Å²) >= 11 is 0. The number of carbonyl (C=O) groups excluding carboxylic acids is 1. The van der Waals surface area contributed by atoms with E-state index in [0.717, 1.165) is 0 Å². The first-order chi connectivity index (χ1) is 8.38. The molecule has 1 aromatic rings. The number of carbonyl (C=O) groups is 1. The van der Waals surface area contributed by atoms with E-state index in [4.69, 9.17) is 0 Å². The van der Waals surface area contributed by atoms with E-state index in [1.165, 1.54) is 7.05 Å². The van der Waals surface area contributed by atoms with E-state index in [1.54, 1.807) is 44.2 Å². The van der Waals surface area contributed by atoms with Gasteiger partial charge in [-0.2, -0.15) is 4.72 Å². The van der Waals surface area contributed by atoms with Crippen LogP contribution in [0.25, 0.3) is 0 Å². The Bertz CT molecular complexity index is 497. The maximum atomic E-state index is 11.8. The SMILES string of the molecule is CNC(=O)C(NS(=O)(=O)C(C)C)c1ccccc1. The molecule has 0 aromatic heterocycles. The molecule has 1 amide bonds. The summed E-state index contributed by atoms with van der Waals surface area (Å²) in [7, 11) is -2.04. The van der Waals surface area contributed by atoms with Crippen LogP contribution in [0.5, 0.6) is 0 Å². The molecular formula is C12H18N2O3S. The molecular weight excluding hydrogens is 252 g/mol. The highest BCUT2D eigenvalue weighted by molar-refractivity contribution is 7.90. The summed E-state index contributed by atoms with van der Waals surface area (Å²) in [6, 6.07) is 7.85. The Morgan fingerprint density at radius 3 is 2.17 bits per heavy atom. The molecule has 0 heterocycles. The average Bonchev–Trinajstić information content (AvgIpc) is 2.36. The highest BCUT2D eigenvalue weighted by Gasteiger charge is 2.26. The number of hydrogen-bond acceptors (Lipinski definition) is 3. The van der Waals surface area contributed by atoms with Gasteiger partial charge in [-0.25, -0.2) is 8.42 Å². The maximum Gasteiger partial charge on any atom is 0.242 e. The molecule has 0 aliphatic heterocycles. The maximum absolute atomic E-state index is 11.8. The third-order valence-electron chi connectivity index (χ3n) is 2.54. The molecule has 0 saturated carbocycles. The fraction of sp³-hybridized carbons (Fsp3) is 0.417. The average molecular weight is 270 g/mol. The molecule has 2 N–H and O–H groups in total. The van der Waals surface area contributed by atoms with E-state index in [-0.39, 0.29) is 5.91 Å². The monoisotopic (exact) mass is 270 g/mol. The second kappa shape index (κ2) is 5.97. The summed E-state index contributed by atoms with van der Waals surface area (Å²) in [6.45, 7) is 3.13. The molecule has 18 heavy (non-hydrogen) atoms. The van der Waals surface area contributed by atoms with Crippen molar-refractivity contribution in [3.63, 3.8) is 0 Å². The summed E-state index contributed by atoms with van der Waals surface area (Å²) in [6.07, 6.45) is 0. The zero-order valence-electron chi connectivity index (χ0n) is 10.7. The molecule has 0 radical (unpaired) electrons. The summed E-state index contributed by atoms with van der Waals surface area (Å²) in [5.74, 6) is -0.384. The van der Waals surface area contributed by atoms with E-state index in [1.807, 2.05) is 0 Å². The van der Waals surface area contributed by atoms with Crippen LogP contribution in [0.15, 0.2) is 30.3 Å². The van der Waals surface area contributed by atoms with Crippen LogP contribution in [0, 0.1) is 0 Å². The van der Waals surface area contributed by atoms with Crippen LogP contribution in [0.3, 0.4) is 0 Å². The third kappa shape index (κ3) is 3.54. The molecule has 0 aliphatic carbocycles. The lowest BCUT2D eigenvalue weighted by atomic mass is 10.1. The van der Waals surface area contributed by atoms with Gasteiger partial charge in [0.1, 0.15) is 6.04 Å². The van der Waals surface area contributed by atoms with Crippen molar-refractivity contribution in [1.82, 2.24) is 10.0 Å². The molecule has 0 aliphatic rings. The largest absolute Gasteiger partial charge is 0.357 e. The molecule has 0 saturated heterocycles. The number of nitrogens with one attached hydrogen (secondary N) is 2. The van der Waals surface area contributed by atoms with Gasteiger partial charge >= 0.3 is 0 Å². The van der Waals surface area contributed by atoms with Crippen molar-refractivity contribution in [2.75, 3.05) is 7.05 Å². The minimum Gasteiger partial charge on any atom is -0.357 e. The van der Waals surface area contributed by atoms with Gasteiger partial charge in [0.15, 0.2) is 0 Å². The number of sulfonamides is 1. The summed E-state index contributed by atoms with van der Waals surface area (Å²) < 4.78 is 26.1. The van der Waals surface area contributed by atoms with E-state index >= 15 is 0 Å². The predicted molar refractivity (Wildman–Crippen MR) is 70.4 cm³/mol. The van der Waals surface area contributed by atoms with E-state index < -0.39 is 21.3 Å². The van der Waals surface area contributed by atoms with Crippen molar-refractivity contribution in [1.29, 1.82) is 0 Å². The van der Waals surface area contributed by atoms with Crippen molar-refractivity contribution in [3.8, 4) is 0 Å². The summed E-state index contributed by atoms with van der Waals surface area (Å²) in [5, 5.41) is 1.87. The molecule has 1 unspecified atom stereocenters. The molecule has 0 bridgehead atoms. The van der Waals surface area contributed by atoms with Crippen molar-refractivity contribution < 1.29 is 13.2 Å². The van der Waals surface area contributed by atoms with E-state index in [9.17, 15) is 13.2 Å². The number of rotatable bonds is 5. The zero-order valence-corrected chi connectivity index (χ0v) is 11.5. The Morgan fingerprint density at radius 1 is 1.17 bits per heavy atom. The fourth-order valence-electron chi connectivity index (χ4n) is 1.36. The highest BCUT2D eigenvalue weighted by Crippen LogP contribution is 2.15. The lowest BCUT2D eigenvalue weighted by molar-refractivity contribution is -0.122. The molecule has 1 atom stereocenters. The van der Waals surface area contributed by atoms with Crippen LogP contribution in [0.4, 0.5) is 0 Å².